The number of thiophene rings is 1. The summed E-state index contributed by atoms with van der Waals surface area (Å²) in [6.45, 7) is 3.65. The Balaban J connectivity index is 2.10. The molecule has 0 radical (unpaired) electrons. The number of rotatable bonds is 3. The Morgan fingerprint density at radius 1 is 1.38 bits per heavy atom. The zero-order valence-corrected chi connectivity index (χ0v) is 12.4. The highest BCUT2D eigenvalue weighted by Gasteiger charge is 2.20. The molecular weight excluding hydrogens is 292 g/mol. The Labute approximate surface area is 123 Å². The third kappa shape index (κ3) is 2.33. The van der Waals surface area contributed by atoms with Gasteiger partial charge >= 0.3 is 5.97 Å². The highest BCUT2D eigenvalue weighted by molar-refractivity contribution is 7.20. The summed E-state index contributed by atoms with van der Waals surface area (Å²) in [5.74, 6) is 1.45. The van der Waals surface area contributed by atoms with Crippen LogP contribution < -0.4 is 5.32 Å². The van der Waals surface area contributed by atoms with Crippen LogP contribution in [0, 0.1) is 13.8 Å². The number of anilines is 2. The average Bonchev–Trinajstić information content (AvgIpc) is 3.03. The number of fused-ring (bicyclic) bond motifs is 1. The second-order valence-electron chi connectivity index (χ2n) is 4.40. The summed E-state index contributed by atoms with van der Waals surface area (Å²) in [5.41, 5.74) is 0.783. The summed E-state index contributed by atoms with van der Waals surface area (Å²) in [6.07, 6.45) is 1.44. The van der Waals surface area contributed by atoms with Gasteiger partial charge in [0.25, 0.3) is 0 Å². The summed E-state index contributed by atoms with van der Waals surface area (Å²) in [6, 6.07) is 1.76. The summed E-state index contributed by atoms with van der Waals surface area (Å²) in [4.78, 5) is 21.4. The van der Waals surface area contributed by atoms with Gasteiger partial charge in [-0.1, -0.05) is 5.16 Å². The summed E-state index contributed by atoms with van der Waals surface area (Å²) in [5, 5.41) is 7.73. The summed E-state index contributed by atoms with van der Waals surface area (Å²) >= 11 is 1.28. The molecule has 0 aliphatic rings. The molecule has 0 bridgehead atoms. The van der Waals surface area contributed by atoms with Crippen LogP contribution >= 0.6 is 11.3 Å². The van der Waals surface area contributed by atoms with Gasteiger partial charge in [-0.25, -0.2) is 14.8 Å². The van der Waals surface area contributed by atoms with E-state index in [-0.39, 0.29) is 5.97 Å². The lowest BCUT2D eigenvalue weighted by molar-refractivity contribution is 0.0605. The Morgan fingerprint density at radius 2 is 2.19 bits per heavy atom. The van der Waals surface area contributed by atoms with Crippen molar-refractivity contribution in [2.24, 2.45) is 0 Å². The fourth-order valence-electron chi connectivity index (χ4n) is 2.00. The molecular formula is C13H12N4O3S. The van der Waals surface area contributed by atoms with Crippen LogP contribution in [0.5, 0.6) is 0 Å². The van der Waals surface area contributed by atoms with Gasteiger partial charge in [0.15, 0.2) is 5.82 Å². The van der Waals surface area contributed by atoms with Crippen LogP contribution in [0.3, 0.4) is 0 Å². The number of aromatic nitrogens is 3. The Bertz CT molecular complexity index is 824. The van der Waals surface area contributed by atoms with E-state index in [4.69, 9.17) is 9.26 Å². The Morgan fingerprint density at radius 3 is 2.86 bits per heavy atom. The van der Waals surface area contributed by atoms with E-state index < -0.39 is 0 Å². The maximum absolute atomic E-state index is 11.8. The second kappa shape index (κ2) is 5.13. The van der Waals surface area contributed by atoms with E-state index in [2.05, 4.69) is 20.4 Å². The van der Waals surface area contributed by atoms with Gasteiger partial charge in [-0.05, 0) is 19.4 Å². The normalized spacial score (nSPS) is 10.8. The number of carbonyl (C=O) groups excluding carboxylic acids is 1. The van der Waals surface area contributed by atoms with Gasteiger partial charge in [0.2, 0.25) is 0 Å². The van der Waals surface area contributed by atoms with Crippen molar-refractivity contribution in [2.45, 2.75) is 13.8 Å². The molecule has 21 heavy (non-hydrogen) atoms. The monoisotopic (exact) mass is 304 g/mol. The number of methoxy groups -OCH3 is 1. The van der Waals surface area contributed by atoms with Crippen molar-refractivity contribution in [3.8, 4) is 0 Å². The molecule has 3 rings (SSSR count). The van der Waals surface area contributed by atoms with Crippen LogP contribution in [0.25, 0.3) is 10.2 Å². The zero-order valence-electron chi connectivity index (χ0n) is 11.6. The van der Waals surface area contributed by atoms with Crippen molar-refractivity contribution >= 4 is 39.2 Å². The maximum Gasteiger partial charge on any atom is 0.348 e. The first-order valence-corrected chi connectivity index (χ1v) is 6.94. The quantitative estimate of drug-likeness (QED) is 0.744. The Hall–Kier alpha value is -2.48. The van der Waals surface area contributed by atoms with E-state index >= 15 is 0 Å². The van der Waals surface area contributed by atoms with Crippen LogP contribution in [-0.2, 0) is 4.74 Å². The molecule has 0 amide bonds. The van der Waals surface area contributed by atoms with Gasteiger partial charge in [-0.2, -0.15) is 0 Å². The molecule has 3 aromatic rings. The third-order valence-electron chi connectivity index (χ3n) is 2.97. The van der Waals surface area contributed by atoms with Gasteiger partial charge in [-0.3, -0.25) is 0 Å². The second-order valence-corrected chi connectivity index (χ2v) is 5.40. The topological polar surface area (TPSA) is 90.1 Å². The van der Waals surface area contributed by atoms with Crippen molar-refractivity contribution < 1.29 is 14.1 Å². The first-order valence-electron chi connectivity index (χ1n) is 6.13. The molecule has 0 aliphatic heterocycles. The van der Waals surface area contributed by atoms with Crippen LogP contribution in [0.15, 0.2) is 16.9 Å². The molecule has 0 aromatic carbocycles. The van der Waals surface area contributed by atoms with Crippen LogP contribution in [0.4, 0.5) is 11.6 Å². The van der Waals surface area contributed by atoms with Gasteiger partial charge in [0.1, 0.15) is 27.6 Å². The van der Waals surface area contributed by atoms with Crippen molar-refractivity contribution in [2.75, 3.05) is 12.4 Å². The lowest BCUT2D eigenvalue weighted by Crippen LogP contribution is -2.00. The van der Waals surface area contributed by atoms with E-state index in [1.165, 1.54) is 24.8 Å². The average molecular weight is 304 g/mol. The largest absolute Gasteiger partial charge is 0.465 e. The van der Waals surface area contributed by atoms with Crippen LogP contribution in [0.1, 0.15) is 21.0 Å². The molecule has 1 N–H and O–H groups in total. The molecule has 0 aliphatic carbocycles. The highest BCUT2D eigenvalue weighted by Crippen LogP contribution is 2.34. The fourth-order valence-corrected chi connectivity index (χ4v) is 3.07. The van der Waals surface area contributed by atoms with Crippen molar-refractivity contribution in [3.05, 3.63) is 28.6 Å². The van der Waals surface area contributed by atoms with Gasteiger partial charge < -0.3 is 14.6 Å². The number of ether oxygens (including phenoxy) is 1. The molecule has 3 heterocycles. The minimum Gasteiger partial charge on any atom is -0.465 e. The van der Waals surface area contributed by atoms with E-state index in [1.54, 1.807) is 13.0 Å². The van der Waals surface area contributed by atoms with E-state index in [9.17, 15) is 4.79 Å². The van der Waals surface area contributed by atoms with Gasteiger partial charge in [0.05, 0.1) is 12.5 Å². The number of aryl methyl sites for hydroxylation is 2. The highest BCUT2D eigenvalue weighted by atomic mass is 32.1. The predicted octanol–water partition coefficient (Wildman–Crippen LogP) is 2.83. The van der Waals surface area contributed by atoms with Crippen molar-refractivity contribution in [1.29, 1.82) is 0 Å². The van der Waals surface area contributed by atoms with Crippen LogP contribution in [0.2, 0.25) is 0 Å². The number of carbonyl (C=O) groups is 1. The zero-order chi connectivity index (χ0) is 15.0. The fraction of sp³-hybridized carbons (Fsp3) is 0.231. The minimum absolute atomic E-state index is 0.376. The van der Waals surface area contributed by atoms with Crippen molar-refractivity contribution in [1.82, 2.24) is 15.1 Å². The number of hydrogen-bond donors (Lipinski definition) is 1. The lowest BCUT2D eigenvalue weighted by atomic mass is 10.2. The SMILES string of the molecule is COC(=O)c1sc2ncnc(Nc3cc(C)on3)c2c1C. The third-order valence-corrected chi connectivity index (χ3v) is 4.15. The Kier molecular flexibility index (Phi) is 3.30. The maximum atomic E-state index is 11.8. The van der Waals surface area contributed by atoms with Crippen LogP contribution in [-0.4, -0.2) is 28.2 Å². The molecule has 0 saturated carbocycles. The lowest BCUT2D eigenvalue weighted by Gasteiger charge is -2.03. The molecule has 0 spiro atoms. The molecule has 3 aromatic heterocycles. The molecule has 7 nitrogen and oxygen atoms in total. The predicted molar refractivity (Wildman–Crippen MR) is 78.0 cm³/mol. The number of nitrogens with zero attached hydrogens (tertiary/aromatic N) is 3. The van der Waals surface area contributed by atoms with E-state index in [0.717, 1.165) is 10.9 Å². The molecule has 8 heteroatoms. The standard InChI is InChI=1S/C13H12N4O3S/c1-6-4-8(17-20-6)16-11-9-7(2)10(13(18)19-3)21-12(9)15-5-14-11/h4-5H,1-3H3,(H,14,15,16,17). The molecule has 0 fully saturated rings. The minimum atomic E-state index is -0.376. The molecule has 0 unspecified atom stereocenters. The first kappa shape index (κ1) is 13.5. The van der Waals surface area contributed by atoms with E-state index in [0.29, 0.717) is 27.1 Å². The first-order chi connectivity index (χ1) is 10.1. The van der Waals surface area contributed by atoms with E-state index in [1.807, 2.05) is 6.92 Å². The molecule has 108 valence electrons. The number of hydrogen-bond acceptors (Lipinski definition) is 8. The van der Waals surface area contributed by atoms with Crippen molar-refractivity contribution in [3.63, 3.8) is 0 Å². The van der Waals surface area contributed by atoms with Gasteiger partial charge in [0, 0.05) is 6.07 Å². The number of nitrogens with one attached hydrogen (secondary N) is 1. The number of esters is 1. The summed E-state index contributed by atoms with van der Waals surface area (Å²) in [7, 11) is 1.36. The molecule has 0 atom stereocenters. The van der Waals surface area contributed by atoms with Gasteiger partial charge in [-0.15, -0.1) is 11.3 Å². The smallest absolute Gasteiger partial charge is 0.348 e. The molecule has 0 saturated heterocycles. The summed E-state index contributed by atoms with van der Waals surface area (Å²) < 4.78 is 9.80.